The van der Waals surface area contributed by atoms with Gasteiger partial charge in [0, 0.05) is 18.8 Å². The molecule has 3 nitrogen and oxygen atoms in total. The van der Waals surface area contributed by atoms with Gasteiger partial charge >= 0.3 is 0 Å². The SMILES string of the molecule is CCc1nccn1CC(O)c1ccccc1. The van der Waals surface area contributed by atoms with E-state index in [0.717, 1.165) is 17.8 Å². The zero-order valence-corrected chi connectivity index (χ0v) is 9.37. The van der Waals surface area contributed by atoms with E-state index in [1.165, 1.54) is 0 Å². The van der Waals surface area contributed by atoms with Crippen molar-refractivity contribution in [3.63, 3.8) is 0 Å². The average molecular weight is 216 g/mol. The summed E-state index contributed by atoms with van der Waals surface area (Å²) in [6, 6.07) is 9.70. The average Bonchev–Trinajstić information content (AvgIpc) is 2.77. The minimum absolute atomic E-state index is 0.472. The number of aryl methyl sites for hydroxylation is 1. The van der Waals surface area contributed by atoms with Crippen molar-refractivity contribution in [3.8, 4) is 0 Å². The number of aliphatic hydroxyl groups is 1. The van der Waals surface area contributed by atoms with E-state index in [4.69, 9.17) is 0 Å². The highest BCUT2D eigenvalue weighted by Crippen LogP contribution is 2.15. The van der Waals surface area contributed by atoms with E-state index in [9.17, 15) is 5.11 Å². The number of hydrogen-bond acceptors (Lipinski definition) is 2. The summed E-state index contributed by atoms with van der Waals surface area (Å²) in [7, 11) is 0. The molecule has 1 atom stereocenters. The largest absolute Gasteiger partial charge is 0.387 e. The maximum atomic E-state index is 10.1. The third-order valence-corrected chi connectivity index (χ3v) is 2.67. The van der Waals surface area contributed by atoms with E-state index in [1.54, 1.807) is 6.20 Å². The van der Waals surface area contributed by atoms with Gasteiger partial charge in [0.05, 0.1) is 12.6 Å². The lowest BCUT2D eigenvalue weighted by atomic mass is 10.1. The first-order valence-electron chi connectivity index (χ1n) is 5.54. The molecule has 1 N–H and O–H groups in total. The lowest BCUT2D eigenvalue weighted by Gasteiger charge is -2.13. The van der Waals surface area contributed by atoms with Crippen LogP contribution in [0.2, 0.25) is 0 Å². The van der Waals surface area contributed by atoms with E-state index in [2.05, 4.69) is 11.9 Å². The number of nitrogens with zero attached hydrogens (tertiary/aromatic N) is 2. The van der Waals surface area contributed by atoms with Crippen molar-refractivity contribution in [1.29, 1.82) is 0 Å². The third kappa shape index (κ3) is 2.31. The second-order valence-electron chi connectivity index (χ2n) is 3.78. The fourth-order valence-electron chi connectivity index (χ4n) is 1.79. The minimum atomic E-state index is -0.472. The first-order valence-corrected chi connectivity index (χ1v) is 5.54. The van der Waals surface area contributed by atoms with Crippen LogP contribution < -0.4 is 0 Å². The summed E-state index contributed by atoms with van der Waals surface area (Å²) in [6.45, 7) is 2.63. The molecule has 0 saturated heterocycles. The summed E-state index contributed by atoms with van der Waals surface area (Å²) in [5.41, 5.74) is 0.943. The maximum Gasteiger partial charge on any atom is 0.108 e. The molecule has 0 aliphatic carbocycles. The van der Waals surface area contributed by atoms with Crippen LogP contribution in [0.15, 0.2) is 42.7 Å². The zero-order chi connectivity index (χ0) is 11.4. The minimum Gasteiger partial charge on any atom is -0.387 e. The Bertz CT molecular complexity index is 436. The van der Waals surface area contributed by atoms with Crippen molar-refractivity contribution in [2.24, 2.45) is 0 Å². The summed E-state index contributed by atoms with van der Waals surface area (Å²) in [5.74, 6) is 1.01. The molecule has 16 heavy (non-hydrogen) atoms. The Morgan fingerprint density at radius 3 is 2.75 bits per heavy atom. The summed E-state index contributed by atoms with van der Waals surface area (Å²) < 4.78 is 2.00. The molecule has 0 bridgehead atoms. The van der Waals surface area contributed by atoms with E-state index in [0.29, 0.717) is 6.54 Å². The Morgan fingerprint density at radius 1 is 1.31 bits per heavy atom. The summed E-state index contributed by atoms with van der Waals surface area (Å²) in [6.07, 6.45) is 4.09. The molecule has 0 radical (unpaired) electrons. The van der Waals surface area contributed by atoms with Gasteiger partial charge in [-0.15, -0.1) is 0 Å². The molecule has 2 aromatic rings. The molecule has 1 aromatic carbocycles. The van der Waals surface area contributed by atoms with Crippen LogP contribution in [-0.2, 0) is 13.0 Å². The van der Waals surface area contributed by atoms with Crippen LogP contribution in [0.25, 0.3) is 0 Å². The summed E-state index contributed by atoms with van der Waals surface area (Å²) in [4.78, 5) is 4.23. The summed E-state index contributed by atoms with van der Waals surface area (Å²) in [5, 5.41) is 10.1. The van der Waals surface area contributed by atoms with Crippen molar-refractivity contribution in [2.75, 3.05) is 0 Å². The van der Waals surface area contributed by atoms with Gasteiger partial charge in [-0.2, -0.15) is 0 Å². The molecule has 0 spiro atoms. The number of aromatic nitrogens is 2. The van der Waals surface area contributed by atoms with Crippen LogP contribution in [0.4, 0.5) is 0 Å². The number of rotatable bonds is 4. The highest BCUT2D eigenvalue weighted by Gasteiger charge is 2.09. The Balaban J connectivity index is 2.11. The number of imidazole rings is 1. The van der Waals surface area contributed by atoms with Gasteiger partial charge in [0.2, 0.25) is 0 Å². The Morgan fingerprint density at radius 2 is 2.06 bits per heavy atom. The quantitative estimate of drug-likeness (QED) is 0.850. The van der Waals surface area contributed by atoms with Crippen molar-refractivity contribution in [1.82, 2.24) is 9.55 Å². The molecule has 84 valence electrons. The smallest absolute Gasteiger partial charge is 0.108 e. The molecule has 0 aliphatic heterocycles. The molecule has 0 fully saturated rings. The molecule has 0 amide bonds. The van der Waals surface area contributed by atoms with Crippen LogP contribution in [0.3, 0.4) is 0 Å². The molecule has 1 aromatic heterocycles. The standard InChI is InChI=1S/C13H16N2O/c1-2-13-14-8-9-15(13)10-12(16)11-6-4-3-5-7-11/h3-9,12,16H,2,10H2,1H3. The van der Waals surface area contributed by atoms with Gasteiger partial charge in [-0.3, -0.25) is 0 Å². The number of aliphatic hydroxyl groups excluding tert-OH is 1. The van der Waals surface area contributed by atoms with Crippen LogP contribution in [0, 0.1) is 0 Å². The van der Waals surface area contributed by atoms with Crippen LogP contribution >= 0.6 is 0 Å². The van der Waals surface area contributed by atoms with Gasteiger partial charge in [0.25, 0.3) is 0 Å². The molecule has 3 heteroatoms. The molecule has 1 heterocycles. The van der Waals surface area contributed by atoms with Gasteiger partial charge in [-0.25, -0.2) is 4.98 Å². The van der Waals surface area contributed by atoms with Crippen molar-refractivity contribution < 1.29 is 5.11 Å². The highest BCUT2D eigenvalue weighted by molar-refractivity contribution is 5.17. The number of benzene rings is 1. The topological polar surface area (TPSA) is 38.0 Å². The highest BCUT2D eigenvalue weighted by atomic mass is 16.3. The predicted octanol–water partition coefficient (Wildman–Crippen LogP) is 2.18. The molecule has 1 unspecified atom stereocenters. The Kier molecular flexibility index (Phi) is 3.37. The van der Waals surface area contributed by atoms with E-state index in [1.807, 2.05) is 41.1 Å². The molecule has 0 aliphatic rings. The Hall–Kier alpha value is -1.61. The fraction of sp³-hybridized carbons (Fsp3) is 0.308. The molecule has 0 saturated carbocycles. The van der Waals surface area contributed by atoms with E-state index < -0.39 is 6.10 Å². The van der Waals surface area contributed by atoms with E-state index >= 15 is 0 Å². The molecule has 2 rings (SSSR count). The van der Waals surface area contributed by atoms with Crippen molar-refractivity contribution in [2.45, 2.75) is 26.0 Å². The second kappa shape index (κ2) is 4.94. The van der Waals surface area contributed by atoms with Crippen LogP contribution in [0.1, 0.15) is 24.4 Å². The van der Waals surface area contributed by atoms with Gasteiger partial charge in [-0.05, 0) is 5.56 Å². The normalized spacial score (nSPS) is 12.6. The second-order valence-corrected chi connectivity index (χ2v) is 3.78. The first kappa shape index (κ1) is 10.9. The van der Waals surface area contributed by atoms with Gasteiger partial charge in [0.1, 0.15) is 5.82 Å². The van der Waals surface area contributed by atoms with Gasteiger partial charge < -0.3 is 9.67 Å². The molecular weight excluding hydrogens is 200 g/mol. The predicted molar refractivity (Wildman–Crippen MR) is 63.0 cm³/mol. The monoisotopic (exact) mass is 216 g/mol. The zero-order valence-electron chi connectivity index (χ0n) is 9.37. The van der Waals surface area contributed by atoms with Crippen molar-refractivity contribution >= 4 is 0 Å². The van der Waals surface area contributed by atoms with Crippen molar-refractivity contribution in [3.05, 3.63) is 54.1 Å². The van der Waals surface area contributed by atoms with Crippen LogP contribution in [0.5, 0.6) is 0 Å². The fourth-order valence-corrected chi connectivity index (χ4v) is 1.79. The van der Waals surface area contributed by atoms with E-state index in [-0.39, 0.29) is 0 Å². The lowest BCUT2D eigenvalue weighted by molar-refractivity contribution is 0.155. The van der Waals surface area contributed by atoms with Gasteiger partial charge in [0.15, 0.2) is 0 Å². The maximum absolute atomic E-state index is 10.1. The molecular formula is C13H16N2O. The third-order valence-electron chi connectivity index (χ3n) is 2.67. The summed E-state index contributed by atoms with van der Waals surface area (Å²) >= 11 is 0. The van der Waals surface area contributed by atoms with Gasteiger partial charge in [-0.1, -0.05) is 37.3 Å². The first-order chi connectivity index (χ1) is 7.81. The number of hydrogen-bond donors (Lipinski definition) is 1. The Labute approximate surface area is 95.4 Å². The lowest BCUT2D eigenvalue weighted by Crippen LogP contribution is -2.10. The van der Waals surface area contributed by atoms with Crippen LogP contribution in [-0.4, -0.2) is 14.7 Å².